The summed E-state index contributed by atoms with van der Waals surface area (Å²) < 4.78 is 7.50. The van der Waals surface area contributed by atoms with E-state index >= 15 is 0 Å². The summed E-state index contributed by atoms with van der Waals surface area (Å²) in [6.07, 6.45) is 5.03. The van der Waals surface area contributed by atoms with E-state index < -0.39 is 0 Å². The molecular weight excluding hydrogens is 366 g/mol. The number of benzene rings is 1. The molecule has 2 aliphatic heterocycles. The number of carbonyl (C=O) groups is 1. The second-order valence-electron chi connectivity index (χ2n) is 8.07. The second-order valence-corrected chi connectivity index (χ2v) is 8.07. The number of aromatic nitrogens is 3. The molecule has 0 saturated carbocycles. The zero-order valence-corrected chi connectivity index (χ0v) is 17.0. The van der Waals surface area contributed by atoms with Crippen molar-refractivity contribution in [3.05, 3.63) is 47.8 Å². The molecule has 1 saturated heterocycles. The molecule has 0 spiro atoms. The van der Waals surface area contributed by atoms with Crippen molar-refractivity contribution in [2.24, 2.45) is 0 Å². The van der Waals surface area contributed by atoms with Crippen molar-refractivity contribution in [2.75, 3.05) is 27.7 Å². The van der Waals surface area contributed by atoms with Crippen LogP contribution in [0.25, 0.3) is 16.9 Å². The number of methoxy groups -OCH3 is 1. The van der Waals surface area contributed by atoms with Crippen molar-refractivity contribution in [3.8, 4) is 17.0 Å². The maximum Gasteiger partial charge on any atom is 0.236 e. The number of hydrogen-bond acceptors (Lipinski definition) is 5. The van der Waals surface area contributed by atoms with Crippen LogP contribution in [0, 0.1) is 0 Å². The molecule has 150 valence electrons. The maximum atomic E-state index is 12.3. The van der Waals surface area contributed by atoms with Crippen LogP contribution in [0.5, 0.6) is 5.75 Å². The molecule has 0 aliphatic carbocycles. The number of fused-ring (bicyclic) bond motifs is 6. The number of para-hydroxylation sites is 1. The number of ether oxygens (including phenoxy) is 1. The second kappa shape index (κ2) is 6.84. The van der Waals surface area contributed by atoms with Crippen molar-refractivity contribution >= 4 is 11.6 Å². The minimum Gasteiger partial charge on any atom is -0.496 e. The molecule has 2 atom stereocenters. The van der Waals surface area contributed by atoms with Crippen molar-refractivity contribution < 1.29 is 9.53 Å². The molecule has 7 heteroatoms. The van der Waals surface area contributed by atoms with E-state index in [0.717, 1.165) is 41.9 Å². The van der Waals surface area contributed by atoms with Crippen LogP contribution >= 0.6 is 0 Å². The third-order valence-electron chi connectivity index (χ3n) is 6.25. The number of nitrogens with zero attached hydrogens (tertiary/aromatic N) is 5. The minimum atomic E-state index is 0.150. The molecule has 1 aromatic carbocycles. The predicted molar refractivity (Wildman–Crippen MR) is 110 cm³/mol. The monoisotopic (exact) mass is 391 g/mol. The SMILES string of the molecule is COc1ccccc1-c1cc2ncc3c(n2n1)CC1CCC3N1CC(=O)N(C)C. The molecule has 1 fully saturated rings. The van der Waals surface area contributed by atoms with E-state index in [2.05, 4.69) is 4.90 Å². The Morgan fingerprint density at radius 3 is 2.90 bits per heavy atom. The average Bonchev–Trinajstić information content (AvgIpc) is 3.28. The number of rotatable bonds is 4. The topological polar surface area (TPSA) is 63.0 Å². The highest BCUT2D eigenvalue weighted by molar-refractivity contribution is 5.78. The van der Waals surface area contributed by atoms with E-state index in [-0.39, 0.29) is 11.9 Å². The van der Waals surface area contributed by atoms with E-state index in [1.807, 2.05) is 55.1 Å². The fourth-order valence-corrected chi connectivity index (χ4v) is 4.71. The highest BCUT2D eigenvalue weighted by Crippen LogP contribution is 2.43. The molecular formula is C22H25N5O2. The van der Waals surface area contributed by atoms with Crippen molar-refractivity contribution in [1.82, 2.24) is 24.4 Å². The molecule has 29 heavy (non-hydrogen) atoms. The quantitative estimate of drug-likeness (QED) is 0.684. The zero-order chi connectivity index (χ0) is 20.1. The van der Waals surface area contributed by atoms with Gasteiger partial charge in [-0.05, 0) is 25.0 Å². The lowest BCUT2D eigenvalue weighted by atomic mass is 9.99. The molecule has 4 heterocycles. The normalized spacial score (nSPS) is 20.7. The molecule has 7 nitrogen and oxygen atoms in total. The van der Waals surface area contributed by atoms with Gasteiger partial charge in [0.1, 0.15) is 5.75 Å². The van der Waals surface area contributed by atoms with Gasteiger partial charge in [-0.1, -0.05) is 12.1 Å². The molecule has 5 rings (SSSR count). The largest absolute Gasteiger partial charge is 0.496 e. The Labute approximate surface area is 169 Å². The third-order valence-corrected chi connectivity index (χ3v) is 6.25. The predicted octanol–water partition coefficient (Wildman–Crippen LogP) is 2.55. The summed E-state index contributed by atoms with van der Waals surface area (Å²) in [5.41, 5.74) is 5.10. The van der Waals surface area contributed by atoms with Crippen LogP contribution in [-0.4, -0.2) is 64.1 Å². The van der Waals surface area contributed by atoms with Gasteiger partial charge in [0.15, 0.2) is 5.65 Å². The first-order chi connectivity index (χ1) is 14.1. The van der Waals surface area contributed by atoms with E-state index in [4.69, 9.17) is 14.8 Å². The van der Waals surface area contributed by atoms with Crippen LogP contribution in [0.3, 0.4) is 0 Å². The summed E-state index contributed by atoms with van der Waals surface area (Å²) in [6.45, 7) is 0.464. The summed E-state index contributed by atoms with van der Waals surface area (Å²) in [5.74, 6) is 0.954. The standard InChI is InChI=1S/C22H25N5O2/c1-25(2)22(28)13-26-14-8-9-18(26)16-12-23-21-11-17(24-27(21)19(16)10-14)15-6-4-5-7-20(15)29-3/h4-7,11-12,14,18H,8-10,13H2,1-3H3. The van der Waals surface area contributed by atoms with Gasteiger partial charge in [-0.2, -0.15) is 5.10 Å². The summed E-state index contributed by atoms with van der Waals surface area (Å²) in [6, 6.07) is 10.5. The van der Waals surface area contributed by atoms with Gasteiger partial charge in [0, 0.05) is 56.0 Å². The number of likely N-dealkylation sites (N-methyl/N-ethyl adjacent to an activating group) is 1. The zero-order valence-electron chi connectivity index (χ0n) is 17.0. The van der Waals surface area contributed by atoms with E-state index in [1.54, 1.807) is 12.0 Å². The van der Waals surface area contributed by atoms with Crippen molar-refractivity contribution in [3.63, 3.8) is 0 Å². The Morgan fingerprint density at radius 1 is 1.28 bits per heavy atom. The number of carbonyl (C=O) groups excluding carboxylic acids is 1. The minimum absolute atomic E-state index is 0.150. The molecule has 2 bridgehead atoms. The van der Waals surface area contributed by atoms with Gasteiger partial charge < -0.3 is 9.64 Å². The van der Waals surface area contributed by atoms with Gasteiger partial charge in [-0.15, -0.1) is 0 Å². The van der Waals surface area contributed by atoms with Crippen LogP contribution in [0.15, 0.2) is 36.5 Å². The van der Waals surface area contributed by atoms with Crippen molar-refractivity contribution in [1.29, 1.82) is 0 Å². The van der Waals surface area contributed by atoms with Crippen LogP contribution in [0.2, 0.25) is 0 Å². The van der Waals surface area contributed by atoms with E-state index in [9.17, 15) is 4.79 Å². The van der Waals surface area contributed by atoms with Crippen LogP contribution in [-0.2, 0) is 11.2 Å². The first-order valence-corrected chi connectivity index (χ1v) is 10.0. The molecule has 1 amide bonds. The Bertz CT molecular complexity index is 1090. The van der Waals surface area contributed by atoms with Gasteiger partial charge in [-0.25, -0.2) is 9.50 Å². The van der Waals surface area contributed by atoms with Crippen molar-refractivity contribution in [2.45, 2.75) is 31.3 Å². The molecule has 0 radical (unpaired) electrons. The molecule has 2 aliphatic rings. The molecule has 3 aromatic rings. The smallest absolute Gasteiger partial charge is 0.236 e. The Morgan fingerprint density at radius 2 is 2.10 bits per heavy atom. The third kappa shape index (κ3) is 2.88. The molecule has 2 aromatic heterocycles. The average molecular weight is 391 g/mol. The highest BCUT2D eigenvalue weighted by Gasteiger charge is 2.42. The van der Waals surface area contributed by atoms with Gasteiger partial charge in [-0.3, -0.25) is 9.69 Å². The maximum absolute atomic E-state index is 12.3. The summed E-state index contributed by atoms with van der Waals surface area (Å²) in [5, 5.41) is 4.90. The summed E-state index contributed by atoms with van der Waals surface area (Å²) in [4.78, 5) is 21.0. The van der Waals surface area contributed by atoms with Gasteiger partial charge in [0.2, 0.25) is 5.91 Å². The van der Waals surface area contributed by atoms with Gasteiger partial charge in [0.05, 0.1) is 25.0 Å². The fraction of sp³-hybridized carbons (Fsp3) is 0.409. The Balaban J connectivity index is 1.55. The van der Waals surface area contributed by atoms with Crippen LogP contribution in [0.4, 0.5) is 0 Å². The lowest BCUT2D eigenvalue weighted by Gasteiger charge is -2.36. The summed E-state index contributed by atoms with van der Waals surface area (Å²) in [7, 11) is 5.31. The van der Waals surface area contributed by atoms with Crippen LogP contribution in [0.1, 0.15) is 30.1 Å². The van der Waals surface area contributed by atoms with E-state index in [1.165, 1.54) is 11.3 Å². The fourth-order valence-electron chi connectivity index (χ4n) is 4.71. The van der Waals surface area contributed by atoms with E-state index in [0.29, 0.717) is 12.6 Å². The highest BCUT2D eigenvalue weighted by atomic mass is 16.5. The Hall–Kier alpha value is -2.93. The first kappa shape index (κ1) is 18.1. The number of hydrogen-bond donors (Lipinski definition) is 0. The Kier molecular flexibility index (Phi) is 4.28. The van der Waals surface area contributed by atoms with Gasteiger partial charge >= 0.3 is 0 Å². The van der Waals surface area contributed by atoms with Crippen LogP contribution < -0.4 is 4.74 Å². The number of amides is 1. The van der Waals surface area contributed by atoms with Gasteiger partial charge in [0.25, 0.3) is 0 Å². The lowest BCUT2D eigenvalue weighted by molar-refractivity contribution is -0.130. The lowest BCUT2D eigenvalue weighted by Crippen LogP contribution is -2.44. The molecule has 2 unspecified atom stereocenters. The summed E-state index contributed by atoms with van der Waals surface area (Å²) >= 11 is 0. The first-order valence-electron chi connectivity index (χ1n) is 10.0. The molecule has 0 N–H and O–H groups in total.